The van der Waals surface area contributed by atoms with Crippen LogP contribution in [-0.2, 0) is 32.9 Å². The van der Waals surface area contributed by atoms with Crippen molar-refractivity contribution in [1.82, 2.24) is 4.98 Å². The Morgan fingerprint density at radius 1 is 1.06 bits per heavy atom. The van der Waals surface area contributed by atoms with Crippen LogP contribution in [0.2, 0.25) is 23.7 Å². The Bertz CT molecular complexity index is 2050. The van der Waals surface area contributed by atoms with Crippen molar-refractivity contribution in [3.63, 3.8) is 0 Å². The minimum absolute atomic E-state index is 0.0333. The molecule has 2 aliphatic rings. The summed E-state index contributed by atoms with van der Waals surface area (Å²) in [6.07, 6.45) is 2.25. The molecule has 1 saturated heterocycles. The van der Waals surface area contributed by atoms with E-state index in [4.69, 9.17) is 21.1 Å². The molecule has 0 bridgehead atoms. The fourth-order valence-electron chi connectivity index (χ4n) is 8.37. The second-order valence-electron chi connectivity index (χ2n) is 14.0. The smallest absolute Gasteiger partial charge is 0.264 e. The predicted octanol–water partition coefficient (Wildman–Crippen LogP) is 7.16. The van der Waals surface area contributed by atoms with E-state index in [-0.39, 0.29) is 42.4 Å². The van der Waals surface area contributed by atoms with Gasteiger partial charge < -0.3 is 29.8 Å². The minimum atomic E-state index is -2.29. The van der Waals surface area contributed by atoms with Crippen molar-refractivity contribution in [2.75, 3.05) is 23.9 Å². The maximum atomic E-state index is 14.8. The zero-order valence-electron chi connectivity index (χ0n) is 28.7. The number of anilines is 2. The van der Waals surface area contributed by atoms with Gasteiger partial charge in [0.25, 0.3) is 5.91 Å². The SMILES string of the molecule is COc1ccc([Si](C)(C)[C@@H]2[C@@H](CCO)O[C@]3(C(=O)N(Cc4ccc(NC(=O)Cc5c[nH]c6ccccc56)cc4)c4ccc(Cl)cc43)[C@H]2C)cc1. The van der Waals surface area contributed by atoms with Gasteiger partial charge in [0.15, 0.2) is 5.60 Å². The molecule has 3 heterocycles. The molecule has 50 heavy (non-hydrogen) atoms. The largest absolute Gasteiger partial charge is 0.497 e. The van der Waals surface area contributed by atoms with Crippen LogP contribution in [0.4, 0.5) is 11.4 Å². The lowest BCUT2D eigenvalue weighted by atomic mass is 9.82. The molecule has 5 aromatic rings. The van der Waals surface area contributed by atoms with Crippen LogP contribution < -0.4 is 20.1 Å². The third-order valence-electron chi connectivity index (χ3n) is 10.8. The Morgan fingerprint density at radius 3 is 2.52 bits per heavy atom. The molecule has 0 unspecified atom stereocenters. The second-order valence-corrected chi connectivity index (χ2v) is 19.1. The van der Waals surface area contributed by atoms with Gasteiger partial charge in [0, 0.05) is 45.9 Å². The van der Waals surface area contributed by atoms with E-state index in [0.717, 1.165) is 39.0 Å². The Balaban J connectivity index is 1.14. The summed E-state index contributed by atoms with van der Waals surface area (Å²) in [6.45, 7) is 7.05. The molecule has 1 aromatic heterocycles. The van der Waals surface area contributed by atoms with Gasteiger partial charge in [-0.05, 0) is 71.6 Å². The summed E-state index contributed by atoms with van der Waals surface area (Å²) in [6, 6.07) is 29.3. The number of hydrogen-bond acceptors (Lipinski definition) is 5. The van der Waals surface area contributed by atoms with Crippen molar-refractivity contribution in [1.29, 1.82) is 0 Å². The van der Waals surface area contributed by atoms with E-state index in [9.17, 15) is 14.7 Å². The molecule has 8 nitrogen and oxygen atoms in total. The number of rotatable bonds is 10. The van der Waals surface area contributed by atoms with E-state index in [1.54, 1.807) is 12.0 Å². The van der Waals surface area contributed by atoms with Gasteiger partial charge >= 0.3 is 0 Å². The van der Waals surface area contributed by atoms with Crippen molar-refractivity contribution >= 4 is 59.0 Å². The number of aliphatic hydroxyl groups excluding tert-OH is 1. The zero-order chi connectivity index (χ0) is 35.2. The summed E-state index contributed by atoms with van der Waals surface area (Å²) in [5.41, 5.74) is 3.88. The Kier molecular flexibility index (Phi) is 9.11. The molecular formula is C40H42ClN3O5Si. The van der Waals surface area contributed by atoms with E-state index in [1.807, 2.05) is 85.1 Å². The van der Waals surface area contributed by atoms with Crippen LogP contribution in [0.15, 0.2) is 97.2 Å². The lowest BCUT2D eigenvalue weighted by Gasteiger charge is -2.37. The van der Waals surface area contributed by atoms with Crippen LogP contribution in [0.25, 0.3) is 10.9 Å². The first kappa shape index (κ1) is 34.1. The van der Waals surface area contributed by atoms with Crippen molar-refractivity contribution in [2.45, 2.75) is 56.7 Å². The number of hydrogen-bond donors (Lipinski definition) is 3. The molecule has 2 aliphatic heterocycles. The molecule has 0 aliphatic carbocycles. The average Bonchev–Trinajstić information content (AvgIpc) is 3.72. The zero-order valence-corrected chi connectivity index (χ0v) is 30.5. The fourth-order valence-corrected chi connectivity index (χ4v) is 12.6. The van der Waals surface area contributed by atoms with Gasteiger partial charge in [0.1, 0.15) is 5.75 Å². The number of fused-ring (bicyclic) bond motifs is 3. The summed E-state index contributed by atoms with van der Waals surface area (Å²) in [5.74, 6) is 0.379. The first-order chi connectivity index (χ1) is 24.1. The number of ether oxygens (including phenoxy) is 2. The molecule has 1 spiro atoms. The highest BCUT2D eigenvalue weighted by molar-refractivity contribution is 6.91. The van der Waals surface area contributed by atoms with Gasteiger partial charge in [0.2, 0.25) is 5.91 Å². The third kappa shape index (κ3) is 5.82. The molecule has 4 aromatic carbocycles. The summed E-state index contributed by atoms with van der Waals surface area (Å²) in [5, 5.41) is 16.0. The van der Waals surface area contributed by atoms with Gasteiger partial charge in [0.05, 0.1) is 39.9 Å². The number of halogens is 1. The predicted molar refractivity (Wildman–Crippen MR) is 201 cm³/mol. The molecule has 1 fully saturated rings. The van der Waals surface area contributed by atoms with Crippen LogP contribution in [-0.4, -0.2) is 49.8 Å². The number of amides is 2. The molecule has 2 amide bonds. The van der Waals surface area contributed by atoms with E-state index in [1.165, 1.54) is 5.19 Å². The second kappa shape index (κ2) is 13.4. The molecule has 10 heteroatoms. The van der Waals surface area contributed by atoms with Crippen LogP contribution in [0.5, 0.6) is 5.75 Å². The van der Waals surface area contributed by atoms with Gasteiger partial charge in [-0.2, -0.15) is 0 Å². The number of carbonyl (C=O) groups is 2. The number of aliphatic hydroxyl groups is 1. The quantitative estimate of drug-likeness (QED) is 0.134. The molecular weight excluding hydrogens is 666 g/mol. The van der Waals surface area contributed by atoms with E-state index in [2.05, 4.69) is 42.5 Å². The number of H-pyrrole nitrogens is 1. The van der Waals surface area contributed by atoms with E-state index >= 15 is 0 Å². The van der Waals surface area contributed by atoms with E-state index < -0.39 is 13.7 Å². The Morgan fingerprint density at radius 2 is 1.80 bits per heavy atom. The lowest BCUT2D eigenvalue weighted by Crippen LogP contribution is -2.51. The summed E-state index contributed by atoms with van der Waals surface area (Å²) < 4.78 is 12.4. The molecule has 258 valence electrons. The number of nitrogens with one attached hydrogen (secondary N) is 2. The van der Waals surface area contributed by atoms with Crippen molar-refractivity contribution in [2.24, 2.45) is 5.92 Å². The number of benzene rings is 4. The highest BCUT2D eigenvalue weighted by Crippen LogP contribution is 2.60. The number of para-hydroxylation sites is 1. The first-order valence-corrected chi connectivity index (χ1v) is 20.5. The third-order valence-corrected chi connectivity index (χ3v) is 15.4. The lowest BCUT2D eigenvalue weighted by molar-refractivity contribution is -0.146. The summed E-state index contributed by atoms with van der Waals surface area (Å²) in [4.78, 5) is 32.8. The molecule has 4 atom stereocenters. The van der Waals surface area contributed by atoms with Gasteiger partial charge in [-0.3, -0.25) is 9.59 Å². The Hall–Kier alpha value is -4.41. The van der Waals surface area contributed by atoms with Crippen molar-refractivity contribution in [3.8, 4) is 5.75 Å². The maximum absolute atomic E-state index is 14.8. The van der Waals surface area contributed by atoms with Gasteiger partial charge in [-0.25, -0.2) is 0 Å². The fraction of sp³-hybridized carbons (Fsp3) is 0.300. The van der Waals surface area contributed by atoms with E-state index in [0.29, 0.717) is 23.7 Å². The molecule has 0 radical (unpaired) electrons. The topological polar surface area (TPSA) is 104 Å². The summed E-state index contributed by atoms with van der Waals surface area (Å²) in [7, 11) is -0.628. The standard InChI is InChI=1S/C40H42ClN3O5Si/c1-25-38(50(3,4)31-16-14-30(48-2)15-17-31)36(19-20-45)49-40(25)33-22-28(41)11-18-35(33)44(39(40)47)24-26-9-12-29(13-10-26)43-37(46)21-27-23-42-34-8-6-5-7-32(27)34/h5-18,22-23,25,36,38,42,45H,19-21,24H2,1-4H3,(H,43,46)/t25-,36+,38-,40+/m0/s1. The molecule has 3 N–H and O–H groups in total. The number of aromatic amines is 1. The number of nitrogens with zero attached hydrogens (tertiary/aromatic N) is 1. The number of methoxy groups -OCH3 is 1. The summed E-state index contributed by atoms with van der Waals surface area (Å²) >= 11 is 6.60. The number of carbonyl (C=O) groups excluding carboxylic acids is 2. The highest BCUT2D eigenvalue weighted by atomic mass is 35.5. The van der Waals surface area contributed by atoms with Gasteiger partial charge in [-0.1, -0.05) is 79.3 Å². The average molecular weight is 708 g/mol. The van der Waals surface area contributed by atoms with Crippen molar-refractivity contribution in [3.05, 3.63) is 119 Å². The number of aromatic nitrogens is 1. The highest BCUT2D eigenvalue weighted by Gasteiger charge is 2.66. The monoisotopic (exact) mass is 707 g/mol. The minimum Gasteiger partial charge on any atom is -0.497 e. The first-order valence-electron chi connectivity index (χ1n) is 17.1. The van der Waals surface area contributed by atoms with Crippen molar-refractivity contribution < 1.29 is 24.2 Å². The molecule has 7 rings (SSSR count). The maximum Gasteiger partial charge on any atom is 0.264 e. The van der Waals surface area contributed by atoms with Crippen LogP contribution in [0.1, 0.15) is 30.0 Å². The van der Waals surface area contributed by atoms with Crippen LogP contribution in [0, 0.1) is 5.92 Å². The molecule has 0 saturated carbocycles. The Labute approximate surface area is 298 Å². The van der Waals surface area contributed by atoms with Gasteiger partial charge in [-0.15, -0.1) is 0 Å². The van der Waals surface area contributed by atoms with Crippen LogP contribution >= 0.6 is 11.6 Å². The normalized spacial score (nSPS) is 21.6. The van der Waals surface area contributed by atoms with Crippen LogP contribution in [0.3, 0.4) is 0 Å².